The lowest BCUT2D eigenvalue weighted by atomic mass is 9.93. The van der Waals surface area contributed by atoms with Gasteiger partial charge in [0.15, 0.2) is 0 Å². The van der Waals surface area contributed by atoms with Gasteiger partial charge in [-0.25, -0.2) is 4.90 Å². The summed E-state index contributed by atoms with van der Waals surface area (Å²) in [6.07, 6.45) is 6.79. The van der Waals surface area contributed by atoms with Crippen LogP contribution in [-0.2, 0) is 0 Å². The van der Waals surface area contributed by atoms with E-state index in [9.17, 15) is 10.1 Å². The number of nitrogens with zero attached hydrogens (tertiary/aromatic N) is 3. The summed E-state index contributed by atoms with van der Waals surface area (Å²) in [5.41, 5.74) is 4.68. The van der Waals surface area contributed by atoms with Crippen LogP contribution >= 0.6 is 0 Å². The SMILES string of the molecule is CN1CCN(C2([N+](=O)[O-])C=CC=CC2N)CC1. The minimum atomic E-state index is -1.27. The Kier molecular flexibility index (Phi) is 3.28. The monoisotopic (exact) mass is 238 g/mol. The molecule has 0 aromatic rings. The smallest absolute Gasteiger partial charge is 0.315 e. The molecule has 0 spiro atoms. The van der Waals surface area contributed by atoms with E-state index >= 15 is 0 Å². The first-order valence-electron chi connectivity index (χ1n) is 5.77. The standard InChI is InChI=1S/C11H18N4O2/c1-13-6-8-14(9-7-13)11(15(16)17)5-3-2-4-10(11)12/h2-5,10H,6-9,12H2,1H3. The van der Waals surface area contributed by atoms with Gasteiger partial charge in [-0.15, -0.1) is 0 Å². The molecule has 1 aliphatic heterocycles. The van der Waals surface area contributed by atoms with Gasteiger partial charge in [-0.2, -0.15) is 0 Å². The summed E-state index contributed by atoms with van der Waals surface area (Å²) in [6.45, 7) is 3.01. The maximum Gasteiger partial charge on any atom is 0.315 e. The van der Waals surface area contributed by atoms with Gasteiger partial charge in [-0.1, -0.05) is 18.2 Å². The molecule has 6 nitrogen and oxygen atoms in total. The molecular weight excluding hydrogens is 220 g/mol. The van der Waals surface area contributed by atoms with Gasteiger partial charge in [-0.05, 0) is 7.05 Å². The van der Waals surface area contributed by atoms with Crippen molar-refractivity contribution >= 4 is 0 Å². The van der Waals surface area contributed by atoms with Crippen LogP contribution in [0, 0.1) is 10.1 Å². The molecule has 1 saturated heterocycles. The Balaban J connectivity index is 2.26. The third-order valence-corrected chi connectivity index (χ3v) is 3.56. The fraction of sp³-hybridized carbons (Fsp3) is 0.636. The second kappa shape index (κ2) is 4.56. The Hall–Kier alpha value is -1.24. The highest BCUT2D eigenvalue weighted by Gasteiger charge is 2.52. The summed E-state index contributed by atoms with van der Waals surface area (Å²) >= 11 is 0. The molecule has 0 amide bonds. The van der Waals surface area contributed by atoms with Crippen molar-refractivity contribution in [2.24, 2.45) is 5.73 Å². The fourth-order valence-electron chi connectivity index (χ4n) is 2.41. The summed E-state index contributed by atoms with van der Waals surface area (Å²) in [6, 6.07) is -0.592. The third kappa shape index (κ3) is 1.99. The minimum Gasteiger partial charge on any atom is -0.317 e. The van der Waals surface area contributed by atoms with Crippen LogP contribution in [0.1, 0.15) is 0 Å². The van der Waals surface area contributed by atoms with Crippen molar-refractivity contribution in [3.63, 3.8) is 0 Å². The van der Waals surface area contributed by atoms with E-state index in [4.69, 9.17) is 5.73 Å². The molecule has 1 fully saturated rings. The van der Waals surface area contributed by atoms with Crippen LogP contribution in [-0.4, -0.2) is 59.7 Å². The van der Waals surface area contributed by atoms with Crippen molar-refractivity contribution in [3.8, 4) is 0 Å². The number of rotatable bonds is 2. The van der Waals surface area contributed by atoms with E-state index in [1.807, 2.05) is 11.9 Å². The van der Waals surface area contributed by atoms with Crippen LogP contribution in [0.5, 0.6) is 0 Å². The molecule has 2 aliphatic rings. The fourth-order valence-corrected chi connectivity index (χ4v) is 2.41. The Morgan fingerprint density at radius 3 is 2.53 bits per heavy atom. The molecule has 0 aromatic heterocycles. The Bertz CT molecular complexity index is 360. The summed E-state index contributed by atoms with van der Waals surface area (Å²) in [4.78, 5) is 15.2. The van der Waals surface area contributed by atoms with Gasteiger partial charge < -0.3 is 10.6 Å². The van der Waals surface area contributed by atoms with Crippen molar-refractivity contribution in [1.82, 2.24) is 9.80 Å². The van der Waals surface area contributed by atoms with Crippen molar-refractivity contribution in [2.45, 2.75) is 11.7 Å². The predicted octanol–water partition coefficient (Wildman–Crippen LogP) is -0.340. The number of hydrogen-bond donors (Lipinski definition) is 1. The molecule has 0 aromatic carbocycles. The molecule has 2 unspecified atom stereocenters. The molecule has 2 atom stereocenters. The zero-order chi connectivity index (χ0) is 12.5. The second-order valence-electron chi connectivity index (χ2n) is 4.60. The normalized spacial score (nSPS) is 35.1. The molecule has 94 valence electrons. The van der Waals surface area contributed by atoms with E-state index in [1.54, 1.807) is 24.3 Å². The summed E-state index contributed by atoms with van der Waals surface area (Å²) < 4.78 is 0. The van der Waals surface area contributed by atoms with Crippen molar-refractivity contribution < 1.29 is 4.92 Å². The summed E-state index contributed by atoms with van der Waals surface area (Å²) in [5, 5.41) is 11.5. The lowest BCUT2D eigenvalue weighted by molar-refractivity contribution is -0.588. The average molecular weight is 238 g/mol. The van der Waals surface area contributed by atoms with Crippen LogP contribution in [0.15, 0.2) is 24.3 Å². The number of hydrogen-bond acceptors (Lipinski definition) is 5. The Morgan fingerprint density at radius 1 is 1.35 bits per heavy atom. The van der Waals surface area contributed by atoms with Gasteiger partial charge in [0.1, 0.15) is 6.04 Å². The highest BCUT2D eigenvalue weighted by Crippen LogP contribution is 2.26. The van der Waals surface area contributed by atoms with Crippen molar-refractivity contribution in [2.75, 3.05) is 33.2 Å². The molecule has 0 bridgehead atoms. The Labute approximate surface area is 101 Å². The number of likely N-dealkylation sites (N-methyl/N-ethyl adjacent to an activating group) is 1. The maximum absolute atomic E-state index is 11.5. The molecular formula is C11H18N4O2. The third-order valence-electron chi connectivity index (χ3n) is 3.56. The largest absolute Gasteiger partial charge is 0.317 e. The van der Waals surface area contributed by atoms with Crippen LogP contribution in [0.4, 0.5) is 0 Å². The Morgan fingerprint density at radius 2 is 2.00 bits per heavy atom. The summed E-state index contributed by atoms with van der Waals surface area (Å²) in [5.74, 6) is 0. The lowest BCUT2D eigenvalue weighted by Crippen LogP contribution is -2.67. The highest BCUT2D eigenvalue weighted by atomic mass is 16.6. The molecule has 0 saturated carbocycles. The quantitative estimate of drug-likeness (QED) is 0.526. The lowest BCUT2D eigenvalue weighted by Gasteiger charge is -2.42. The molecule has 2 N–H and O–H groups in total. The number of nitrogens with two attached hydrogens (primary N) is 1. The van der Waals surface area contributed by atoms with Gasteiger partial charge in [0, 0.05) is 37.2 Å². The molecule has 1 aliphatic carbocycles. The van der Waals surface area contributed by atoms with Crippen molar-refractivity contribution in [3.05, 3.63) is 34.4 Å². The van der Waals surface area contributed by atoms with Crippen LogP contribution < -0.4 is 5.73 Å². The van der Waals surface area contributed by atoms with Gasteiger partial charge in [0.05, 0.1) is 0 Å². The predicted molar refractivity (Wildman–Crippen MR) is 65.1 cm³/mol. The van der Waals surface area contributed by atoms with Crippen LogP contribution in [0.25, 0.3) is 0 Å². The van der Waals surface area contributed by atoms with E-state index in [0.29, 0.717) is 13.1 Å². The van der Waals surface area contributed by atoms with Gasteiger partial charge in [-0.3, -0.25) is 10.1 Å². The number of piperazine rings is 1. The number of allylic oxidation sites excluding steroid dienone is 2. The van der Waals surface area contributed by atoms with E-state index in [1.165, 1.54) is 0 Å². The zero-order valence-electron chi connectivity index (χ0n) is 9.95. The topological polar surface area (TPSA) is 75.6 Å². The molecule has 17 heavy (non-hydrogen) atoms. The maximum atomic E-state index is 11.5. The second-order valence-corrected chi connectivity index (χ2v) is 4.60. The van der Waals surface area contributed by atoms with E-state index in [2.05, 4.69) is 4.90 Å². The van der Waals surface area contributed by atoms with E-state index in [-0.39, 0.29) is 4.92 Å². The van der Waals surface area contributed by atoms with Crippen LogP contribution in [0.3, 0.4) is 0 Å². The van der Waals surface area contributed by atoms with Crippen molar-refractivity contribution in [1.29, 1.82) is 0 Å². The first kappa shape index (κ1) is 12.2. The molecule has 6 heteroatoms. The van der Waals surface area contributed by atoms with Gasteiger partial charge in [0.25, 0.3) is 0 Å². The van der Waals surface area contributed by atoms with Gasteiger partial charge >= 0.3 is 5.66 Å². The first-order valence-corrected chi connectivity index (χ1v) is 5.77. The number of nitro groups is 1. The van der Waals surface area contributed by atoms with E-state index < -0.39 is 11.7 Å². The zero-order valence-corrected chi connectivity index (χ0v) is 9.95. The molecule has 1 heterocycles. The van der Waals surface area contributed by atoms with E-state index in [0.717, 1.165) is 13.1 Å². The van der Waals surface area contributed by atoms with Crippen LogP contribution in [0.2, 0.25) is 0 Å². The minimum absolute atomic E-state index is 0.261. The first-order chi connectivity index (χ1) is 8.07. The van der Waals surface area contributed by atoms with Gasteiger partial charge in [0.2, 0.25) is 0 Å². The average Bonchev–Trinajstić information content (AvgIpc) is 2.31. The molecule has 0 radical (unpaired) electrons. The summed E-state index contributed by atoms with van der Waals surface area (Å²) in [7, 11) is 2.02. The highest BCUT2D eigenvalue weighted by molar-refractivity contribution is 5.24. The molecule has 2 rings (SSSR count).